The van der Waals surface area contributed by atoms with E-state index in [-0.39, 0.29) is 0 Å². The molecule has 0 heterocycles. The number of hydrogen-bond acceptors (Lipinski definition) is 1. The highest BCUT2D eigenvalue weighted by atomic mass is 35.5. The molecular weight excluding hydrogens is 289 g/mol. The summed E-state index contributed by atoms with van der Waals surface area (Å²) >= 11 is 18.1. The lowest BCUT2D eigenvalue weighted by molar-refractivity contribution is 0.594. The molecule has 0 saturated carbocycles. The monoisotopic (exact) mass is 307 g/mol. The van der Waals surface area contributed by atoms with E-state index in [0.717, 1.165) is 12.1 Å². The van der Waals surface area contributed by atoms with Crippen molar-refractivity contribution in [2.75, 3.05) is 5.32 Å². The van der Waals surface area contributed by atoms with Gasteiger partial charge in [-0.25, -0.2) is 0 Å². The van der Waals surface area contributed by atoms with Gasteiger partial charge in [0.25, 0.3) is 0 Å². The van der Waals surface area contributed by atoms with Crippen molar-refractivity contribution in [2.45, 2.75) is 52.0 Å². The second kappa shape index (κ2) is 8.14. The minimum atomic E-state index is 0.359. The van der Waals surface area contributed by atoms with E-state index >= 15 is 0 Å². The Morgan fingerprint density at radius 1 is 1.06 bits per heavy atom. The Kier molecular flexibility index (Phi) is 7.21. The molecule has 1 N–H and O–H groups in total. The quantitative estimate of drug-likeness (QED) is 0.573. The Morgan fingerprint density at radius 3 is 2.22 bits per heavy atom. The van der Waals surface area contributed by atoms with Crippen molar-refractivity contribution in [3.63, 3.8) is 0 Å². The molecule has 0 aliphatic heterocycles. The zero-order chi connectivity index (χ0) is 13.5. The lowest BCUT2D eigenvalue weighted by atomic mass is 10.1. The van der Waals surface area contributed by atoms with E-state index in [1.54, 1.807) is 12.1 Å². The molecule has 18 heavy (non-hydrogen) atoms. The first-order valence-corrected chi connectivity index (χ1v) is 7.59. The van der Waals surface area contributed by atoms with Gasteiger partial charge in [0.05, 0.1) is 15.7 Å². The van der Waals surface area contributed by atoms with Gasteiger partial charge in [0.1, 0.15) is 0 Å². The summed E-state index contributed by atoms with van der Waals surface area (Å²) in [6.07, 6.45) is 6.19. The first kappa shape index (κ1) is 15.9. The van der Waals surface area contributed by atoms with Crippen LogP contribution in [0.15, 0.2) is 12.1 Å². The van der Waals surface area contributed by atoms with Crippen LogP contribution in [0.1, 0.15) is 46.0 Å². The predicted molar refractivity (Wildman–Crippen MR) is 83.3 cm³/mol. The van der Waals surface area contributed by atoms with Crippen LogP contribution in [-0.2, 0) is 0 Å². The Bertz CT molecular complexity index is 356. The fourth-order valence-electron chi connectivity index (χ4n) is 1.88. The van der Waals surface area contributed by atoms with Crippen molar-refractivity contribution >= 4 is 40.5 Å². The molecule has 1 unspecified atom stereocenters. The standard InChI is InChI=1S/C14H20Cl3N/c1-3-4-5-6-7-10(2)18-14-12(16)8-11(15)9-13(14)17/h8-10,18H,3-7H2,1-2H3. The zero-order valence-electron chi connectivity index (χ0n) is 10.9. The SMILES string of the molecule is CCCCCCC(C)Nc1c(Cl)cc(Cl)cc1Cl. The van der Waals surface area contributed by atoms with Gasteiger partial charge in [0.15, 0.2) is 0 Å². The average Bonchev–Trinajstić information content (AvgIpc) is 2.29. The van der Waals surface area contributed by atoms with Gasteiger partial charge in [-0.15, -0.1) is 0 Å². The minimum Gasteiger partial charge on any atom is -0.380 e. The molecule has 102 valence electrons. The highest BCUT2D eigenvalue weighted by molar-refractivity contribution is 6.41. The summed E-state index contributed by atoms with van der Waals surface area (Å²) in [6.45, 7) is 4.36. The van der Waals surface area contributed by atoms with Gasteiger partial charge in [-0.3, -0.25) is 0 Å². The number of halogens is 3. The van der Waals surface area contributed by atoms with Crippen molar-refractivity contribution in [2.24, 2.45) is 0 Å². The molecule has 0 aliphatic carbocycles. The zero-order valence-corrected chi connectivity index (χ0v) is 13.2. The summed E-state index contributed by atoms with van der Waals surface area (Å²) in [7, 11) is 0. The number of rotatable bonds is 7. The third kappa shape index (κ3) is 5.26. The van der Waals surface area contributed by atoms with Gasteiger partial charge < -0.3 is 5.32 Å². The number of nitrogens with one attached hydrogen (secondary N) is 1. The Morgan fingerprint density at radius 2 is 1.67 bits per heavy atom. The van der Waals surface area contributed by atoms with E-state index in [0.29, 0.717) is 21.1 Å². The Hall–Kier alpha value is -0.110. The lowest BCUT2D eigenvalue weighted by Gasteiger charge is -2.17. The topological polar surface area (TPSA) is 12.0 Å². The minimum absolute atomic E-state index is 0.359. The Balaban J connectivity index is 2.51. The van der Waals surface area contributed by atoms with Gasteiger partial charge in [0, 0.05) is 11.1 Å². The molecule has 0 saturated heterocycles. The molecule has 0 bridgehead atoms. The van der Waals surface area contributed by atoms with E-state index < -0.39 is 0 Å². The maximum absolute atomic E-state index is 6.13. The second-order valence-corrected chi connectivity index (χ2v) is 5.89. The summed E-state index contributed by atoms with van der Waals surface area (Å²) in [6, 6.07) is 3.78. The summed E-state index contributed by atoms with van der Waals surface area (Å²) < 4.78 is 0. The van der Waals surface area contributed by atoms with Crippen LogP contribution in [0.25, 0.3) is 0 Å². The largest absolute Gasteiger partial charge is 0.380 e. The van der Waals surface area contributed by atoms with Gasteiger partial charge >= 0.3 is 0 Å². The van der Waals surface area contributed by atoms with Crippen LogP contribution in [0.4, 0.5) is 5.69 Å². The highest BCUT2D eigenvalue weighted by Gasteiger charge is 2.10. The Labute approximate surface area is 125 Å². The fourth-order valence-corrected chi connectivity index (χ4v) is 2.80. The number of hydrogen-bond donors (Lipinski definition) is 1. The van der Waals surface area contributed by atoms with Crippen molar-refractivity contribution < 1.29 is 0 Å². The van der Waals surface area contributed by atoms with Crippen molar-refractivity contribution in [3.8, 4) is 0 Å². The average molecular weight is 309 g/mol. The van der Waals surface area contributed by atoms with E-state index in [4.69, 9.17) is 34.8 Å². The molecular formula is C14H20Cl3N. The first-order valence-electron chi connectivity index (χ1n) is 6.45. The maximum atomic E-state index is 6.13. The van der Waals surface area contributed by atoms with Gasteiger partial charge in [-0.2, -0.15) is 0 Å². The molecule has 1 atom stereocenters. The van der Waals surface area contributed by atoms with Crippen LogP contribution >= 0.6 is 34.8 Å². The molecule has 1 nitrogen and oxygen atoms in total. The smallest absolute Gasteiger partial charge is 0.0722 e. The van der Waals surface area contributed by atoms with E-state index in [1.165, 1.54) is 25.7 Å². The number of benzene rings is 1. The van der Waals surface area contributed by atoms with Crippen molar-refractivity contribution in [3.05, 3.63) is 27.2 Å². The fraction of sp³-hybridized carbons (Fsp3) is 0.571. The van der Waals surface area contributed by atoms with Crippen LogP contribution < -0.4 is 5.32 Å². The molecule has 1 rings (SSSR count). The molecule has 0 radical (unpaired) electrons. The molecule has 0 aliphatic rings. The first-order chi connectivity index (χ1) is 8.54. The molecule has 1 aromatic carbocycles. The van der Waals surface area contributed by atoms with Crippen LogP contribution in [0.5, 0.6) is 0 Å². The third-order valence-corrected chi connectivity index (χ3v) is 3.70. The van der Waals surface area contributed by atoms with E-state index in [1.807, 2.05) is 0 Å². The van der Waals surface area contributed by atoms with E-state index in [2.05, 4.69) is 19.2 Å². The summed E-state index contributed by atoms with van der Waals surface area (Å²) in [5.41, 5.74) is 0.783. The van der Waals surface area contributed by atoms with Crippen molar-refractivity contribution in [1.82, 2.24) is 0 Å². The number of anilines is 1. The molecule has 1 aromatic rings. The van der Waals surface area contributed by atoms with Gasteiger partial charge in [-0.05, 0) is 25.5 Å². The predicted octanol–water partition coefficient (Wildman–Crippen LogP) is 6.42. The van der Waals surface area contributed by atoms with Gasteiger partial charge in [-0.1, -0.05) is 67.4 Å². The van der Waals surface area contributed by atoms with Crippen LogP contribution in [-0.4, -0.2) is 6.04 Å². The molecule has 0 amide bonds. The molecule has 0 spiro atoms. The summed E-state index contributed by atoms with van der Waals surface area (Å²) in [4.78, 5) is 0. The van der Waals surface area contributed by atoms with Crippen LogP contribution in [0.3, 0.4) is 0 Å². The van der Waals surface area contributed by atoms with Crippen molar-refractivity contribution in [1.29, 1.82) is 0 Å². The second-order valence-electron chi connectivity index (χ2n) is 4.64. The lowest BCUT2D eigenvalue weighted by Crippen LogP contribution is -2.15. The number of unbranched alkanes of at least 4 members (excludes halogenated alkanes) is 3. The van der Waals surface area contributed by atoms with Crippen LogP contribution in [0, 0.1) is 0 Å². The van der Waals surface area contributed by atoms with E-state index in [9.17, 15) is 0 Å². The molecule has 0 aromatic heterocycles. The summed E-state index contributed by atoms with van der Waals surface area (Å²) in [5.74, 6) is 0. The molecule has 4 heteroatoms. The summed E-state index contributed by atoms with van der Waals surface area (Å²) in [5, 5.41) is 5.07. The van der Waals surface area contributed by atoms with Gasteiger partial charge in [0.2, 0.25) is 0 Å². The normalized spacial score (nSPS) is 12.5. The third-order valence-electron chi connectivity index (χ3n) is 2.89. The maximum Gasteiger partial charge on any atom is 0.0722 e. The highest BCUT2D eigenvalue weighted by Crippen LogP contribution is 2.34. The molecule has 0 fully saturated rings. The van der Waals surface area contributed by atoms with Crippen LogP contribution in [0.2, 0.25) is 15.1 Å².